The third kappa shape index (κ3) is 2.62. The van der Waals surface area contributed by atoms with Gasteiger partial charge in [0.1, 0.15) is 17.1 Å². The van der Waals surface area contributed by atoms with Crippen molar-refractivity contribution in [1.29, 1.82) is 0 Å². The molecule has 0 aromatic heterocycles. The van der Waals surface area contributed by atoms with Crippen LogP contribution in [0.2, 0.25) is 0 Å². The fourth-order valence-electron chi connectivity index (χ4n) is 2.38. The van der Waals surface area contributed by atoms with Crippen LogP contribution in [0.5, 0.6) is 11.5 Å². The molecule has 3 rings (SSSR count). The molecule has 98 valence electrons. The zero-order valence-corrected chi connectivity index (χ0v) is 10.7. The summed E-state index contributed by atoms with van der Waals surface area (Å²) in [7, 11) is 0. The van der Waals surface area contributed by atoms with Crippen molar-refractivity contribution < 1.29 is 9.84 Å². The molecular weight excluding hydrogens is 238 g/mol. The number of aliphatic hydroxyl groups is 1. The Morgan fingerprint density at radius 3 is 2.26 bits per heavy atom. The van der Waals surface area contributed by atoms with Crippen molar-refractivity contribution >= 4 is 0 Å². The maximum atomic E-state index is 10.4. The van der Waals surface area contributed by atoms with Gasteiger partial charge in [0.2, 0.25) is 0 Å². The van der Waals surface area contributed by atoms with Crippen LogP contribution in [0, 0.1) is 0 Å². The lowest BCUT2D eigenvalue weighted by molar-refractivity contribution is 0.0587. The van der Waals surface area contributed by atoms with E-state index in [1.54, 1.807) is 0 Å². The smallest absolute Gasteiger partial charge is 0.127 e. The molecule has 1 saturated heterocycles. The van der Waals surface area contributed by atoms with E-state index in [1.807, 2.05) is 54.6 Å². The first-order valence-corrected chi connectivity index (χ1v) is 6.53. The van der Waals surface area contributed by atoms with E-state index in [1.165, 1.54) is 0 Å². The highest BCUT2D eigenvalue weighted by Crippen LogP contribution is 2.30. The molecule has 2 N–H and O–H groups in total. The zero-order chi connectivity index (χ0) is 13.1. The zero-order valence-electron chi connectivity index (χ0n) is 10.7. The number of nitrogens with one attached hydrogen (secondary N) is 1. The van der Waals surface area contributed by atoms with Crippen LogP contribution in [0.4, 0.5) is 0 Å². The van der Waals surface area contributed by atoms with Gasteiger partial charge in [-0.05, 0) is 42.8 Å². The van der Waals surface area contributed by atoms with Crippen molar-refractivity contribution in [3.05, 3.63) is 60.2 Å². The van der Waals surface area contributed by atoms with Gasteiger partial charge in [-0.25, -0.2) is 0 Å². The van der Waals surface area contributed by atoms with Crippen LogP contribution < -0.4 is 10.1 Å². The van der Waals surface area contributed by atoms with Crippen molar-refractivity contribution in [2.45, 2.75) is 12.0 Å². The summed E-state index contributed by atoms with van der Waals surface area (Å²) in [6.07, 6.45) is 0.756. The number of rotatable bonds is 3. The summed E-state index contributed by atoms with van der Waals surface area (Å²) >= 11 is 0. The fraction of sp³-hybridized carbons (Fsp3) is 0.250. The van der Waals surface area contributed by atoms with E-state index in [0.29, 0.717) is 6.54 Å². The number of hydrogen-bond donors (Lipinski definition) is 2. The summed E-state index contributed by atoms with van der Waals surface area (Å²) in [5.74, 6) is 1.60. The Kier molecular flexibility index (Phi) is 3.23. The van der Waals surface area contributed by atoms with Gasteiger partial charge in [-0.2, -0.15) is 0 Å². The average molecular weight is 255 g/mol. The minimum atomic E-state index is -0.731. The number of β-amino-alcohol motifs (C(OH)–C–C–N with tert-alkyl or cyclic N) is 1. The summed E-state index contributed by atoms with van der Waals surface area (Å²) in [6, 6.07) is 17.4. The van der Waals surface area contributed by atoms with Gasteiger partial charge in [-0.15, -0.1) is 0 Å². The third-order valence-electron chi connectivity index (χ3n) is 3.50. The highest BCUT2D eigenvalue weighted by Gasteiger charge is 2.32. The first kappa shape index (κ1) is 12.2. The predicted octanol–water partition coefficient (Wildman–Crippen LogP) is 2.66. The molecule has 0 amide bonds. The molecule has 0 bridgehead atoms. The first-order valence-electron chi connectivity index (χ1n) is 6.53. The number of benzene rings is 2. The molecular formula is C16H17NO2. The quantitative estimate of drug-likeness (QED) is 0.886. The van der Waals surface area contributed by atoms with Crippen LogP contribution in [-0.4, -0.2) is 18.2 Å². The minimum absolute atomic E-state index is 0.617. The molecule has 1 aliphatic heterocycles. The van der Waals surface area contributed by atoms with Gasteiger partial charge in [0.15, 0.2) is 0 Å². The maximum absolute atomic E-state index is 10.4. The Morgan fingerprint density at radius 2 is 1.63 bits per heavy atom. The van der Waals surface area contributed by atoms with Crippen molar-refractivity contribution in [3.63, 3.8) is 0 Å². The van der Waals surface area contributed by atoms with E-state index in [0.717, 1.165) is 30.0 Å². The summed E-state index contributed by atoms with van der Waals surface area (Å²) in [5.41, 5.74) is 0.212. The van der Waals surface area contributed by atoms with E-state index in [-0.39, 0.29) is 0 Å². The van der Waals surface area contributed by atoms with Crippen LogP contribution in [-0.2, 0) is 5.60 Å². The molecule has 2 aromatic carbocycles. The van der Waals surface area contributed by atoms with Gasteiger partial charge in [0.05, 0.1) is 0 Å². The van der Waals surface area contributed by atoms with Crippen LogP contribution in [0.15, 0.2) is 54.6 Å². The van der Waals surface area contributed by atoms with Gasteiger partial charge in [0.25, 0.3) is 0 Å². The number of ether oxygens (including phenoxy) is 1. The van der Waals surface area contributed by atoms with Gasteiger partial charge in [0, 0.05) is 6.54 Å². The van der Waals surface area contributed by atoms with Crippen LogP contribution in [0.1, 0.15) is 12.0 Å². The van der Waals surface area contributed by atoms with Gasteiger partial charge in [-0.1, -0.05) is 30.3 Å². The molecule has 1 aliphatic rings. The second-order valence-corrected chi connectivity index (χ2v) is 4.90. The standard InChI is InChI=1S/C16H17NO2/c18-16(10-11-17-12-16)13-6-8-15(9-7-13)19-14-4-2-1-3-5-14/h1-9,17-18H,10-12H2. The van der Waals surface area contributed by atoms with Crippen LogP contribution in [0.25, 0.3) is 0 Å². The normalized spacial score (nSPS) is 22.4. The monoisotopic (exact) mass is 255 g/mol. The second kappa shape index (κ2) is 5.03. The summed E-state index contributed by atoms with van der Waals surface area (Å²) < 4.78 is 5.73. The molecule has 0 aliphatic carbocycles. The van der Waals surface area contributed by atoms with E-state index in [4.69, 9.17) is 4.74 Å². The van der Waals surface area contributed by atoms with Crippen molar-refractivity contribution in [1.82, 2.24) is 5.32 Å². The molecule has 19 heavy (non-hydrogen) atoms. The van der Waals surface area contributed by atoms with E-state index in [9.17, 15) is 5.11 Å². The van der Waals surface area contributed by atoms with E-state index < -0.39 is 5.60 Å². The molecule has 2 aromatic rings. The molecule has 3 nitrogen and oxygen atoms in total. The fourth-order valence-corrected chi connectivity index (χ4v) is 2.38. The lowest BCUT2D eigenvalue weighted by atomic mass is 9.93. The average Bonchev–Trinajstić information content (AvgIpc) is 2.89. The summed E-state index contributed by atoms with van der Waals surface area (Å²) in [5, 5.41) is 13.6. The molecule has 0 spiro atoms. The Bertz CT molecular complexity index is 530. The SMILES string of the molecule is OC1(c2ccc(Oc3ccccc3)cc2)CCNC1. The predicted molar refractivity (Wildman–Crippen MR) is 74.3 cm³/mol. The lowest BCUT2D eigenvalue weighted by Crippen LogP contribution is -2.28. The molecule has 0 radical (unpaired) electrons. The molecule has 0 saturated carbocycles. The van der Waals surface area contributed by atoms with Gasteiger partial charge < -0.3 is 15.2 Å². The maximum Gasteiger partial charge on any atom is 0.127 e. The van der Waals surface area contributed by atoms with Gasteiger partial charge in [-0.3, -0.25) is 0 Å². The first-order chi connectivity index (χ1) is 9.26. The van der Waals surface area contributed by atoms with E-state index in [2.05, 4.69) is 5.32 Å². The largest absolute Gasteiger partial charge is 0.457 e. The topological polar surface area (TPSA) is 41.5 Å². The Morgan fingerprint density at radius 1 is 0.947 bits per heavy atom. The second-order valence-electron chi connectivity index (χ2n) is 4.90. The van der Waals surface area contributed by atoms with Gasteiger partial charge >= 0.3 is 0 Å². The van der Waals surface area contributed by atoms with Crippen molar-refractivity contribution in [2.24, 2.45) is 0 Å². The molecule has 1 heterocycles. The van der Waals surface area contributed by atoms with Crippen LogP contribution >= 0.6 is 0 Å². The Labute approximate surface area is 112 Å². The highest BCUT2D eigenvalue weighted by atomic mass is 16.5. The van der Waals surface area contributed by atoms with Crippen molar-refractivity contribution in [3.8, 4) is 11.5 Å². The lowest BCUT2D eigenvalue weighted by Gasteiger charge is -2.21. The molecule has 1 atom stereocenters. The number of para-hydroxylation sites is 1. The molecule has 1 fully saturated rings. The summed E-state index contributed by atoms with van der Waals surface area (Å²) in [6.45, 7) is 1.48. The van der Waals surface area contributed by atoms with Crippen molar-refractivity contribution in [2.75, 3.05) is 13.1 Å². The third-order valence-corrected chi connectivity index (χ3v) is 3.50. The Balaban J connectivity index is 1.76. The molecule has 1 unspecified atom stereocenters. The summed E-state index contributed by atoms with van der Waals surface area (Å²) in [4.78, 5) is 0. The number of hydrogen-bond acceptors (Lipinski definition) is 3. The Hall–Kier alpha value is -1.84. The molecule has 3 heteroatoms. The minimum Gasteiger partial charge on any atom is -0.457 e. The van der Waals surface area contributed by atoms with Crippen LogP contribution in [0.3, 0.4) is 0 Å². The highest BCUT2D eigenvalue weighted by molar-refractivity contribution is 5.35. The van der Waals surface area contributed by atoms with E-state index >= 15 is 0 Å².